The van der Waals surface area contributed by atoms with Crippen LogP contribution in [0.2, 0.25) is 10.0 Å². The molecular formula is C17H10Cl2N2O3. The average molecular weight is 361 g/mol. The summed E-state index contributed by atoms with van der Waals surface area (Å²) in [7, 11) is 0. The van der Waals surface area contributed by atoms with E-state index < -0.39 is 5.91 Å². The number of amides is 1. The highest BCUT2D eigenvalue weighted by molar-refractivity contribution is 6.32. The molecule has 0 aliphatic carbocycles. The quantitative estimate of drug-likeness (QED) is 0.655. The Bertz CT molecular complexity index is 888. The van der Waals surface area contributed by atoms with Crippen LogP contribution in [0.15, 0.2) is 42.0 Å². The number of halogens is 2. The summed E-state index contributed by atoms with van der Waals surface area (Å²) in [6.07, 6.45) is 1.39. The van der Waals surface area contributed by atoms with Gasteiger partial charge in [-0.05, 0) is 35.9 Å². The van der Waals surface area contributed by atoms with E-state index in [1.54, 1.807) is 36.4 Å². The van der Waals surface area contributed by atoms with Crippen LogP contribution in [-0.2, 0) is 4.79 Å². The van der Waals surface area contributed by atoms with Crippen LogP contribution in [0.1, 0.15) is 5.56 Å². The SMILES string of the molecule is N#C/C(=C\c1cc2c(cc1Cl)OCO2)C(=O)Nc1cccc(Cl)c1. The van der Waals surface area contributed by atoms with E-state index in [-0.39, 0.29) is 12.4 Å². The lowest BCUT2D eigenvalue weighted by Gasteiger charge is -2.06. The molecule has 0 aromatic heterocycles. The van der Waals surface area contributed by atoms with Gasteiger partial charge in [0.1, 0.15) is 11.6 Å². The van der Waals surface area contributed by atoms with E-state index >= 15 is 0 Å². The smallest absolute Gasteiger partial charge is 0.266 e. The predicted octanol–water partition coefficient (Wildman–Crippen LogP) is 4.27. The van der Waals surface area contributed by atoms with Gasteiger partial charge < -0.3 is 14.8 Å². The van der Waals surface area contributed by atoms with Gasteiger partial charge in [0.05, 0.1) is 5.02 Å². The van der Waals surface area contributed by atoms with Gasteiger partial charge in [0.25, 0.3) is 5.91 Å². The Morgan fingerprint density at radius 1 is 1.21 bits per heavy atom. The van der Waals surface area contributed by atoms with E-state index in [9.17, 15) is 10.1 Å². The molecule has 1 heterocycles. The molecule has 24 heavy (non-hydrogen) atoms. The van der Waals surface area contributed by atoms with E-state index in [2.05, 4.69) is 5.32 Å². The van der Waals surface area contributed by atoms with E-state index in [1.165, 1.54) is 6.08 Å². The van der Waals surface area contributed by atoms with E-state index in [1.807, 2.05) is 6.07 Å². The number of carbonyl (C=O) groups excluding carboxylic acids is 1. The Kier molecular flexibility index (Phi) is 4.61. The van der Waals surface area contributed by atoms with Crippen molar-refractivity contribution in [3.63, 3.8) is 0 Å². The zero-order chi connectivity index (χ0) is 17.1. The van der Waals surface area contributed by atoms with Crippen LogP contribution < -0.4 is 14.8 Å². The Balaban J connectivity index is 1.87. The third kappa shape index (κ3) is 3.46. The lowest BCUT2D eigenvalue weighted by Crippen LogP contribution is -2.13. The Hall–Kier alpha value is -2.68. The maximum atomic E-state index is 12.3. The maximum absolute atomic E-state index is 12.3. The molecule has 7 heteroatoms. The molecule has 0 fully saturated rings. The first-order valence-electron chi connectivity index (χ1n) is 6.84. The second-order valence-electron chi connectivity index (χ2n) is 4.86. The largest absolute Gasteiger partial charge is 0.454 e. The predicted molar refractivity (Wildman–Crippen MR) is 91.2 cm³/mol. The van der Waals surface area contributed by atoms with Crippen LogP contribution in [0.5, 0.6) is 11.5 Å². The van der Waals surface area contributed by atoms with Crippen LogP contribution >= 0.6 is 23.2 Å². The van der Waals surface area contributed by atoms with Crippen molar-refractivity contribution in [1.82, 2.24) is 0 Å². The van der Waals surface area contributed by atoms with Crippen LogP contribution in [-0.4, -0.2) is 12.7 Å². The number of hydrogen-bond acceptors (Lipinski definition) is 4. The number of anilines is 1. The van der Waals surface area contributed by atoms with Gasteiger partial charge in [-0.3, -0.25) is 4.79 Å². The highest BCUT2D eigenvalue weighted by Gasteiger charge is 2.17. The van der Waals surface area contributed by atoms with Crippen molar-refractivity contribution in [2.45, 2.75) is 0 Å². The van der Waals surface area contributed by atoms with Gasteiger partial charge in [-0.1, -0.05) is 29.3 Å². The summed E-state index contributed by atoms with van der Waals surface area (Å²) in [6, 6.07) is 11.7. The number of benzene rings is 2. The number of fused-ring (bicyclic) bond motifs is 1. The van der Waals surface area contributed by atoms with Crippen molar-refractivity contribution in [2.75, 3.05) is 12.1 Å². The van der Waals surface area contributed by atoms with Crippen LogP contribution in [0.3, 0.4) is 0 Å². The van der Waals surface area contributed by atoms with Crippen molar-refractivity contribution in [3.8, 4) is 17.6 Å². The van der Waals surface area contributed by atoms with Crippen molar-refractivity contribution in [3.05, 3.63) is 57.6 Å². The summed E-state index contributed by atoms with van der Waals surface area (Å²) in [4.78, 5) is 12.3. The van der Waals surface area contributed by atoms with Crippen LogP contribution in [0, 0.1) is 11.3 Å². The highest BCUT2D eigenvalue weighted by atomic mass is 35.5. The zero-order valence-electron chi connectivity index (χ0n) is 12.2. The highest BCUT2D eigenvalue weighted by Crippen LogP contribution is 2.37. The summed E-state index contributed by atoms with van der Waals surface area (Å²) in [6.45, 7) is 0.110. The summed E-state index contributed by atoms with van der Waals surface area (Å²) < 4.78 is 10.5. The first-order valence-corrected chi connectivity index (χ1v) is 7.60. The average Bonchev–Trinajstić information content (AvgIpc) is 2.99. The van der Waals surface area contributed by atoms with Crippen molar-refractivity contribution in [1.29, 1.82) is 5.26 Å². The van der Waals surface area contributed by atoms with Gasteiger partial charge in [0, 0.05) is 16.8 Å². The second-order valence-corrected chi connectivity index (χ2v) is 5.70. The van der Waals surface area contributed by atoms with Crippen LogP contribution in [0.4, 0.5) is 5.69 Å². The molecular weight excluding hydrogens is 351 g/mol. The lowest BCUT2D eigenvalue weighted by molar-refractivity contribution is -0.112. The Morgan fingerprint density at radius 3 is 2.67 bits per heavy atom. The maximum Gasteiger partial charge on any atom is 0.266 e. The Labute approximate surface area is 148 Å². The number of rotatable bonds is 3. The molecule has 0 saturated carbocycles. The van der Waals surface area contributed by atoms with Gasteiger partial charge in [-0.2, -0.15) is 5.26 Å². The fourth-order valence-corrected chi connectivity index (χ4v) is 2.51. The molecule has 0 saturated heterocycles. The first-order chi connectivity index (χ1) is 11.6. The van der Waals surface area contributed by atoms with Gasteiger partial charge in [0.15, 0.2) is 11.5 Å². The molecule has 2 aromatic rings. The molecule has 1 amide bonds. The van der Waals surface area contributed by atoms with E-state index in [4.69, 9.17) is 32.7 Å². The molecule has 0 spiro atoms. The third-order valence-corrected chi connectivity index (χ3v) is 3.80. The van der Waals surface area contributed by atoms with Gasteiger partial charge in [-0.25, -0.2) is 0 Å². The molecule has 3 rings (SSSR count). The lowest BCUT2D eigenvalue weighted by atomic mass is 10.1. The van der Waals surface area contributed by atoms with Crippen molar-refractivity contribution in [2.24, 2.45) is 0 Å². The molecule has 1 aliphatic heterocycles. The molecule has 0 unspecified atom stereocenters. The fraction of sp³-hybridized carbons (Fsp3) is 0.0588. The summed E-state index contributed by atoms with van der Waals surface area (Å²) in [5, 5.41) is 12.7. The molecule has 1 aliphatic rings. The van der Waals surface area contributed by atoms with Gasteiger partial charge in [-0.15, -0.1) is 0 Å². The number of nitrogens with one attached hydrogen (secondary N) is 1. The summed E-state index contributed by atoms with van der Waals surface area (Å²) in [5.41, 5.74) is 0.875. The zero-order valence-corrected chi connectivity index (χ0v) is 13.7. The minimum Gasteiger partial charge on any atom is -0.454 e. The molecule has 2 aromatic carbocycles. The normalized spacial score (nSPS) is 12.6. The van der Waals surface area contributed by atoms with E-state index in [0.717, 1.165) is 0 Å². The molecule has 120 valence electrons. The third-order valence-electron chi connectivity index (χ3n) is 3.24. The van der Waals surface area contributed by atoms with Gasteiger partial charge in [0.2, 0.25) is 6.79 Å². The topological polar surface area (TPSA) is 71.3 Å². The number of carbonyl (C=O) groups is 1. The Morgan fingerprint density at radius 2 is 1.96 bits per heavy atom. The molecule has 1 N–H and O–H groups in total. The fourth-order valence-electron chi connectivity index (χ4n) is 2.11. The number of hydrogen-bond donors (Lipinski definition) is 1. The summed E-state index contributed by atoms with van der Waals surface area (Å²) >= 11 is 12.0. The number of nitrogens with zero attached hydrogens (tertiary/aromatic N) is 1. The molecule has 0 atom stereocenters. The van der Waals surface area contributed by atoms with E-state index in [0.29, 0.717) is 32.8 Å². The minimum absolute atomic E-state index is 0.101. The summed E-state index contributed by atoms with van der Waals surface area (Å²) in [5.74, 6) is 0.478. The molecule has 0 bridgehead atoms. The molecule has 0 radical (unpaired) electrons. The first kappa shape index (κ1) is 16.2. The molecule has 5 nitrogen and oxygen atoms in total. The van der Waals surface area contributed by atoms with Crippen molar-refractivity contribution >= 4 is 40.9 Å². The monoisotopic (exact) mass is 360 g/mol. The second kappa shape index (κ2) is 6.83. The standard InChI is InChI=1S/C17H10Cl2N2O3/c18-12-2-1-3-13(6-12)21-17(22)11(8-20)4-10-5-15-16(7-14(10)19)24-9-23-15/h1-7H,9H2,(H,21,22)/b11-4+. The van der Waals surface area contributed by atoms with Crippen molar-refractivity contribution < 1.29 is 14.3 Å². The minimum atomic E-state index is -0.562. The van der Waals surface area contributed by atoms with Crippen LogP contribution in [0.25, 0.3) is 6.08 Å². The number of nitriles is 1. The number of ether oxygens (including phenoxy) is 2. The van der Waals surface area contributed by atoms with Gasteiger partial charge >= 0.3 is 0 Å².